The monoisotopic (exact) mass is 248 g/mol. The fourth-order valence-corrected chi connectivity index (χ4v) is 2.05. The van der Waals surface area contributed by atoms with Crippen LogP contribution >= 0.6 is 0 Å². The topological polar surface area (TPSA) is 71.4 Å². The van der Waals surface area contributed by atoms with E-state index in [4.69, 9.17) is 0 Å². The smallest absolute Gasteiger partial charge is 0.141 e. The highest BCUT2D eigenvalue weighted by atomic mass is 15.2. The van der Waals surface area contributed by atoms with E-state index in [2.05, 4.69) is 43.9 Å². The van der Waals surface area contributed by atoms with Crippen molar-refractivity contribution >= 4 is 0 Å². The Balaban J connectivity index is 2.11. The van der Waals surface area contributed by atoms with Gasteiger partial charge < -0.3 is 9.88 Å². The third-order valence-corrected chi connectivity index (χ3v) is 2.87. The first-order chi connectivity index (χ1) is 8.85. The summed E-state index contributed by atoms with van der Waals surface area (Å²) in [6.07, 6.45) is 7.35. The normalized spacial score (nSPS) is 12.8. The number of aryl methyl sites for hydroxylation is 1. The molecule has 0 bridgehead atoms. The molecule has 2 rings (SSSR count). The largest absolute Gasteiger partial charge is 0.335 e. The zero-order valence-corrected chi connectivity index (χ0v) is 10.9. The molecule has 0 aliphatic carbocycles. The van der Waals surface area contributed by atoms with E-state index in [1.807, 2.05) is 12.4 Å². The van der Waals surface area contributed by atoms with Crippen LogP contribution in [0.2, 0.25) is 0 Å². The predicted octanol–water partition coefficient (Wildman–Crippen LogP) is 1.30. The van der Waals surface area contributed by atoms with Gasteiger partial charge in [0.05, 0.1) is 6.04 Å². The lowest BCUT2D eigenvalue weighted by Gasteiger charge is -2.15. The molecule has 2 aromatic heterocycles. The average molecular weight is 248 g/mol. The number of H-pyrrole nitrogens is 1. The fraction of sp³-hybridized carbons (Fsp3) is 0.583. The van der Waals surface area contributed by atoms with Gasteiger partial charge in [-0.1, -0.05) is 13.8 Å². The van der Waals surface area contributed by atoms with E-state index >= 15 is 0 Å². The summed E-state index contributed by atoms with van der Waals surface area (Å²) in [4.78, 5) is 8.65. The van der Waals surface area contributed by atoms with Crippen molar-refractivity contribution in [3.8, 4) is 0 Å². The second kappa shape index (κ2) is 6.30. The summed E-state index contributed by atoms with van der Waals surface area (Å²) < 4.78 is 2.20. The molecule has 2 heterocycles. The molecule has 6 heteroatoms. The highest BCUT2D eigenvalue weighted by molar-refractivity contribution is 5.01. The number of nitrogens with zero attached hydrogens (tertiary/aromatic N) is 4. The summed E-state index contributed by atoms with van der Waals surface area (Å²) in [7, 11) is 0. The quantitative estimate of drug-likeness (QED) is 0.775. The molecule has 0 fully saturated rings. The van der Waals surface area contributed by atoms with Crippen LogP contribution < -0.4 is 5.32 Å². The molecule has 1 atom stereocenters. The Morgan fingerprint density at radius 3 is 2.94 bits per heavy atom. The van der Waals surface area contributed by atoms with Crippen LogP contribution in [0.3, 0.4) is 0 Å². The molecule has 2 N–H and O–H groups in total. The minimum atomic E-state index is 0.135. The summed E-state index contributed by atoms with van der Waals surface area (Å²) in [6, 6.07) is 0.135. The summed E-state index contributed by atoms with van der Waals surface area (Å²) in [5.41, 5.74) is 0. The molecule has 0 aliphatic heterocycles. The maximum atomic E-state index is 4.43. The van der Waals surface area contributed by atoms with Crippen molar-refractivity contribution in [2.75, 3.05) is 6.54 Å². The first-order valence-electron chi connectivity index (χ1n) is 6.43. The van der Waals surface area contributed by atoms with E-state index in [-0.39, 0.29) is 6.04 Å². The molecule has 0 aromatic carbocycles. The SMILES string of the molecule is CCCn1ccnc1CC(NCC)c1ncn[nH]1. The van der Waals surface area contributed by atoms with Crippen molar-refractivity contribution < 1.29 is 0 Å². The van der Waals surface area contributed by atoms with Gasteiger partial charge in [-0.3, -0.25) is 5.10 Å². The molecule has 0 radical (unpaired) electrons. The second-order valence-electron chi connectivity index (χ2n) is 4.22. The summed E-state index contributed by atoms with van der Waals surface area (Å²) in [5.74, 6) is 1.95. The molecule has 0 amide bonds. The van der Waals surface area contributed by atoms with Crippen LogP contribution in [0.5, 0.6) is 0 Å². The van der Waals surface area contributed by atoms with Gasteiger partial charge in [0.1, 0.15) is 18.0 Å². The van der Waals surface area contributed by atoms with Crippen LogP contribution in [-0.4, -0.2) is 31.3 Å². The number of hydrogen-bond acceptors (Lipinski definition) is 4. The molecule has 18 heavy (non-hydrogen) atoms. The average Bonchev–Trinajstić information content (AvgIpc) is 3.01. The molecule has 0 aliphatic rings. The van der Waals surface area contributed by atoms with Crippen LogP contribution in [0.15, 0.2) is 18.7 Å². The number of likely N-dealkylation sites (N-methyl/N-ethyl adjacent to an activating group) is 1. The van der Waals surface area contributed by atoms with Crippen molar-refractivity contribution in [1.29, 1.82) is 0 Å². The fourth-order valence-electron chi connectivity index (χ4n) is 2.05. The Bertz CT molecular complexity index is 447. The predicted molar refractivity (Wildman–Crippen MR) is 69.0 cm³/mol. The van der Waals surface area contributed by atoms with Gasteiger partial charge in [0.2, 0.25) is 0 Å². The number of aromatic amines is 1. The summed E-state index contributed by atoms with van der Waals surface area (Å²) in [6.45, 7) is 6.15. The number of rotatable bonds is 7. The highest BCUT2D eigenvalue weighted by Gasteiger charge is 2.16. The van der Waals surface area contributed by atoms with E-state index in [1.54, 1.807) is 0 Å². The third-order valence-electron chi connectivity index (χ3n) is 2.87. The number of imidazole rings is 1. The van der Waals surface area contributed by atoms with Crippen molar-refractivity contribution in [1.82, 2.24) is 30.0 Å². The second-order valence-corrected chi connectivity index (χ2v) is 4.22. The van der Waals surface area contributed by atoms with E-state index < -0.39 is 0 Å². The van der Waals surface area contributed by atoms with Crippen molar-refractivity contribution in [2.45, 2.75) is 39.3 Å². The molecule has 0 saturated carbocycles. The molecular weight excluding hydrogens is 228 g/mol. The molecule has 2 aromatic rings. The Labute approximate surface area is 107 Å². The van der Waals surface area contributed by atoms with Gasteiger partial charge in [-0.05, 0) is 13.0 Å². The van der Waals surface area contributed by atoms with Gasteiger partial charge in [0, 0.05) is 25.4 Å². The maximum absolute atomic E-state index is 4.43. The van der Waals surface area contributed by atoms with Crippen LogP contribution in [0.25, 0.3) is 0 Å². The number of nitrogens with one attached hydrogen (secondary N) is 2. The zero-order valence-electron chi connectivity index (χ0n) is 10.9. The Hall–Kier alpha value is -1.69. The Morgan fingerprint density at radius 2 is 2.28 bits per heavy atom. The molecule has 0 spiro atoms. The first-order valence-corrected chi connectivity index (χ1v) is 6.43. The van der Waals surface area contributed by atoms with Crippen molar-refractivity contribution in [2.24, 2.45) is 0 Å². The molecule has 1 unspecified atom stereocenters. The third kappa shape index (κ3) is 2.95. The molecule has 98 valence electrons. The van der Waals surface area contributed by atoms with Gasteiger partial charge >= 0.3 is 0 Å². The van der Waals surface area contributed by atoms with Gasteiger partial charge in [-0.2, -0.15) is 5.10 Å². The first kappa shape index (κ1) is 12.8. The summed E-state index contributed by atoms with van der Waals surface area (Å²) >= 11 is 0. The lowest BCUT2D eigenvalue weighted by Crippen LogP contribution is -2.25. The molecule has 6 nitrogen and oxygen atoms in total. The van der Waals surface area contributed by atoms with Crippen molar-refractivity contribution in [3.63, 3.8) is 0 Å². The van der Waals surface area contributed by atoms with Gasteiger partial charge in [0.15, 0.2) is 0 Å². The molecule has 0 saturated heterocycles. The standard InChI is InChI=1S/C12H20N6/c1-3-6-18-7-5-14-11(18)8-10(13-4-2)12-15-9-16-17-12/h5,7,9-10,13H,3-4,6,8H2,1-2H3,(H,15,16,17). The highest BCUT2D eigenvalue weighted by Crippen LogP contribution is 2.13. The van der Waals surface area contributed by atoms with Gasteiger partial charge in [-0.25, -0.2) is 9.97 Å². The lowest BCUT2D eigenvalue weighted by molar-refractivity contribution is 0.496. The van der Waals surface area contributed by atoms with Crippen molar-refractivity contribution in [3.05, 3.63) is 30.4 Å². The van der Waals surface area contributed by atoms with Crippen LogP contribution in [0.4, 0.5) is 0 Å². The van der Waals surface area contributed by atoms with Crippen LogP contribution in [0, 0.1) is 0 Å². The maximum Gasteiger partial charge on any atom is 0.141 e. The minimum absolute atomic E-state index is 0.135. The van der Waals surface area contributed by atoms with Gasteiger partial charge in [0.25, 0.3) is 0 Å². The lowest BCUT2D eigenvalue weighted by atomic mass is 10.2. The van der Waals surface area contributed by atoms with Gasteiger partial charge in [-0.15, -0.1) is 0 Å². The van der Waals surface area contributed by atoms with E-state index in [0.29, 0.717) is 0 Å². The van der Waals surface area contributed by atoms with Crippen LogP contribution in [0.1, 0.15) is 38.0 Å². The zero-order chi connectivity index (χ0) is 12.8. The van der Waals surface area contributed by atoms with Crippen LogP contribution in [-0.2, 0) is 13.0 Å². The Morgan fingerprint density at radius 1 is 1.39 bits per heavy atom. The minimum Gasteiger partial charge on any atom is -0.335 e. The van der Waals surface area contributed by atoms with E-state index in [9.17, 15) is 0 Å². The van der Waals surface area contributed by atoms with E-state index in [0.717, 1.165) is 37.6 Å². The number of aromatic nitrogens is 5. The molecular formula is C12H20N6. The number of hydrogen-bond donors (Lipinski definition) is 2. The van der Waals surface area contributed by atoms with E-state index in [1.165, 1.54) is 6.33 Å². The Kier molecular flexibility index (Phi) is 4.46. The summed E-state index contributed by atoms with van der Waals surface area (Å²) in [5, 5.41) is 10.2.